The highest BCUT2D eigenvalue weighted by molar-refractivity contribution is 9.10. The lowest BCUT2D eigenvalue weighted by Gasteiger charge is -2.12. The summed E-state index contributed by atoms with van der Waals surface area (Å²) in [6.45, 7) is 0. The van der Waals surface area contributed by atoms with Crippen LogP contribution >= 0.6 is 27.3 Å². The first-order valence-electron chi connectivity index (χ1n) is 3.79. The van der Waals surface area contributed by atoms with Crippen LogP contribution in [0.2, 0.25) is 0 Å². The van der Waals surface area contributed by atoms with Gasteiger partial charge in [-0.25, -0.2) is 0 Å². The Labute approximate surface area is 93.1 Å². The second kappa shape index (κ2) is 5.11. The molecule has 0 bridgehead atoms. The number of thiophene rings is 1. The molecule has 0 spiro atoms. The SMILES string of the molecule is O=CN[C@H](CC(=O)O)c1sccc1Br. The molecule has 1 atom stereocenters. The van der Waals surface area contributed by atoms with Crippen LogP contribution in [0.25, 0.3) is 0 Å². The maximum atomic E-state index is 10.5. The lowest BCUT2D eigenvalue weighted by Crippen LogP contribution is -2.21. The van der Waals surface area contributed by atoms with Gasteiger partial charge in [0.25, 0.3) is 0 Å². The summed E-state index contributed by atoms with van der Waals surface area (Å²) in [4.78, 5) is 21.6. The van der Waals surface area contributed by atoms with Gasteiger partial charge in [0.05, 0.1) is 12.5 Å². The number of carbonyl (C=O) groups is 2. The van der Waals surface area contributed by atoms with Gasteiger partial charge in [-0.15, -0.1) is 11.3 Å². The fraction of sp³-hybridized carbons (Fsp3) is 0.250. The van der Waals surface area contributed by atoms with Crippen molar-refractivity contribution in [3.8, 4) is 0 Å². The van der Waals surface area contributed by atoms with Crippen LogP contribution in [-0.2, 0) is 9.59 Å². The number of rotatable bonds is 5. The number of nitrogens with one attached hydrogen (secondary N) is 1. The average Bonchev–Trinajstić information content (AvgIpc) is 2.50. The summed E-state index contributed by atoms with van der Waals surface area (Å²) in [6, 6.07) is 1.36. The van der Waals surface area contributed by atoms with E-state index in [1.54, 1.807) is 0 Å². The van der Waals surface area contributed by atoms with Crippen molar-refractivity contribution in [2.75, 3.05) is 0 Å². The first kappa shape index (κ1) is 11.2. The van der Waals surface area contributed by atoms with Crippen LogP contribution in [0, 0.1) is 0 Å². The van der Waals surface area contributed by atoms with Crippen molar-refractivity contribution in [3.63, 3.8) is 0 Å². The number of hydrogen-bond acceptors (Lipinski definition) is 3. The molecule has 1 amide bonds. The quantitative estimate of drug-likeness (QED) is 0.807. The summed E-state index contributed by atoms with van der Waals surface area (Å²) in [6.07, 6.45) is 0.400. The Balaban J connectivity index is 2.82. The van der Waals surface area contributed by atoms with Crippen LogP contribution < -0.4 is 5.32 Å². The Hall–Kier alpha value is -0.880. The zero-order chi connectivity index (χ0) is 10.6. The zero-order valence-electron chi connectivity index (χ0n) is 7.07. The predicted octanol–water partition coefficient (Wildman–Crippen LogP) is 1.77. The van der Waals surface area contributed by atoms with E-state index in [9.17, 15) is 9.59 Å². The summed E-state index contributed by atoms with van der Waals surface area (Å²) < 4.78 is 0.822. The van der Waals surface area contributed by atoms with Crippen LogP contribution in [0.5, 0.6) is 0 Å². The van der Waals surface area contributed by atoms with Crippen LogP contribution in [0.3, 0.4) is 0 Å². The first-order chi connectivity index (χ1) is 6.65. The molecular formula is C8H8BrNO3S. The fourth-order valence-electron chi connectivity index (χ4n) is 1.04. The molecule has 0 saturated heterocycles. The van der Waals surface area contributed by atoms with Crippen molar-refractivity contribution in [2.45, 2.75) is 12.5 Å². The number of carboxylic acids is 1. The molecule has 2 N–H and O–H groups in total. The second-order valence-corrected chi connectivity index (χ2v) is 4.37. The van der Waals surface area contributed by atoms with E-state index < -0.39 is 12.0 Å². The highest BCUT2D eigenvalue weighted by atomic mass is 79.9. The van der Waals surface area contributed by atoms with E-state index >= 15 is 0 Å². The Kier molecular flexibility index (Phi) is 4.09. The molecule has 1 aromatic heterocycles. The molecule has 0 fully saturated rings. The van der Waals surface area contributed by atoms with Crippen molar-refractivity contribution in [3.05, 3.63) is 20.8 Å². The van der Waals surface area contributed by atoms with E-state index in [4.69, 9.17) is 5.11 Å². The maximum absolute atomic E-state index is 10.5. The Morgan fingerprint density at radius 3 is 2.93 bits per heavy atom. The Morgan fingerprint density at radius 2 is 2.50 bits per heavy atom. The number of halogens is 1. The molecule has 1 heterocycles. The van der Waals surface area contributed by atoms with Crippen LogP contribution in [0.1, 0.15) is 17.3 Å². The zero-order valence-corrected chi connectivity index (χ0v) is 9.47. The van der Waals surface area contributed by atoms with Crippen molar-refractivity contribution in [1.82, 2.24) is 5.32 Å². The van der Waals surface area contributed by atoms with Crippen LogP contribution in [-0.4, -0.2) is 17.5 Å². The monoisotopic (exact) mass is 277 g/mol. The van der Waals surface area contributed by atoms with Crippen molar-refractivity contribution < 1.29 is 14.7 Å². The smallest absolute Gasteiger partial charge is 0.305 e. The van der Waals surface area contributed by atoms with Crippen LogP contribution in [0.15, 0.2) is 15.9 Å². The van der Waals surface area contributed by atoms with E-state index in [-0.39, 0.29) is 6.42 Å². The standard InChI is InChI=1S/C8H8BrNO3S/c9-5-1-2-14-8(5)6(10-4-11)3-7(12)13/h1-2,4,6H,3H2,(H,10,11)(H,12,13)/t6-/m1/s1. The summed E-state index contributed by atoms with van der Waals surface area (Å²) in [5.41, 5.74) is 0. The molecule has 76 valence electrons. The summed E-state index contributed by atoms with van der Waals surface area (Å²) >= 11 is 4.70. The van der Waals surface area contributed by atoms with Crippen molar-refractivity contribution in [2.24, 2.45) is 0 Å². The molecular weight excluding hydrogens is 270 g/mol. The third-order valence-corrected chi connectivity index (χ3v) is 3.59. The van der Waals surface area contributed by atoms with E-state index in [1.165, 1.54) is 11.3 Å². The minimum atomic E-state index is -0.940. The third kappa shape index (κ3) is 2.81. The van der Waals surface area contributed by atoms with Gasteiger partial charge < -0.3 is 10.4 Å². The van der Waals surface area contributed by atoms with Crippen LogP contribution in [0.4, 0.5) is 0 Å². The van der Waals surface area contributed by atoms with E-state index in [2.05, 4.69) is 21.2 Å². The first-order valence-corrected chi connectivity index (χ1v) is 5.46. The molecule has 0 aliphatic rings. The van der Waals surface area contributed by atoms with Crippen molar-refractivity contribution in [1.29, 1.82) is 0 Å². The summed E-state index contributed by atoms with van der Waals surface area (Å²) in [5, 5.41) is 12.9. The lowest BCUT2D eigenvalue weighted by molar-refractivity contribution is -0.137. The topological polar surface area (TPSA) is 66.4 Å². The summed E-state index contributed by atoms with van der Waals surface area (Å²) in [5.74, 6) is -0.940. The van der Waals surface area contributed by atoms with E-state index in [0.717, 1.165) is 9.35 Å². The van der Waals surface area contributed by atoms with Gasteiger partial charge >= 0.3 is 5.97 Å². The normalized spacial score (nSPS) is 12.1. The molecule has 0 unspecified atom stereocenters. The highest BCUT2D eigenvalue weighted by Gasteiger charge is 2.18. The molecule has 14 heavy (non-hydrogen) atoms. The van der Waals surface area contributed by atoms with Gasteiger partial charge in [0.1, 0.15) is 0 Å². The van der Waals surface area contributed by atoms with Gasteiger partial charge in [-0.2, -0.15) is 0 Å². The molecule has 0 aliphatic carbocycles. The minimum Gasteiger partial charge on any atom is -0.481 e. The van der Waals surface area contributed by atoms with E-state index in [0.29, 0.717) is 6.41 Å². The van der Waals surface area contributed by atoms with Crippen molar-refractivity contribution >= 4 is 39.6 Å². The minimum absolute atomic E-state index is 0.113. The molecule has 0 aliphatic heterocycles. The Morgan fingerprint density at radius 1 is 1.79 bits per heavy atom. The molecule has 0 saturated carbocycles. The molecule has 0 aromatic carbocycles. The number of carboxylic acid groups (broad SMARTS) is 1. The molecule has 0 radical (unpaired) electrons. The Bertz CT molecular complexity index is 339. The van der Waals surface area contributed by atoms with Gasteiger partial charge in [-0.3, -0.25) is 9.59 Å². The molecule has 6 heteroatoms. The maximum Gasteiger partial charge on any atom is 0.305 e. The average molecular weight is 278 g/mol. The molecule has 4 nitrogen and oxygen atoms in total. The third-order valence-electron chi connectivity index (χ3n) is 1.61. The number of hydrogen-bond donors (Lipinski definition) is 2. The predicted molar refractivity (Wildman–Crippen MR) is 56.2 cm³/mol. The summed E-state index contributed by atoms with van der Waals surface area (Å²) in [7, 11) is 0. The van der Waals surface area contributed by atoms with Gasteiger partial charge in [0, 0.05) is 9.35 Å². The fourth-order valence-corrected chi connectivity index (χ4v) is 2.75. The molecule has 1 rings (SSSR count). The second-order valence-electron chi connectivity index (χ2n) is 2.57. The highest BCUT2D eigenvalue weighted by Crippen LogP contribution is 2.30. The van der Waals surface area contributed by atoms with E-state index in [1.807, 2.05) is 11.4 Å². The van der Waals surface area contributed by atoms with Gasteiger partial charge in [0.2, 0.25) is 6.41 Å². The number of carbonyl (C=O) groups excluding carboxylic acids is 1. The van der Waals surface area contributed by atoms with Gasteiger partial charge in [-0.05, 0) is 27.4 Å². The number of amides is 1. The lowest BCUT2D eigenvalue weighted by atomic mass is 10.2. The molecule has 1 aromatic rings. The van der Waals surface area contributed by atoms with Gasteiger partial charge in [0.15, 0.2) is 0 Å². The number of aliphatic carboxylic acids is 1. The largest absolute Gasteiger partial charge is 0.481 e. The van der Waals surface area contributed by atoms with Gasteiger partial charge in [-0.1, -0.05) is 0 Å².